The molecule has 0 saturated carbocycles. The fourth-order valence-corrected chi connectivity index (χ4v) is 2.43. The van der Waals surface area contributed by atoms with Gasteiger partial charge in [-0.25, -0.2) is 13.4 Å². The molecule has 0 saturated heterocycles. The average molecular weight is 245 g/mol. The number of hydrogen-bond acceptors (Lipinski definition) is 5. The molecule has 17 heavy (non-hydrogen) atoms. The Morgan fingerprint density at radius 1 is 1.12 bits per heavy atom. The molecule has 0 aliphatic carbocycles. The normalized spacial score (nSPS) is 10.8. The van der Waals surface area contributed by atoms with E-state index < -0.39 is 9.84 Å². The van der Waals surface area contributed by atoms with Crippen LogP contribution >= 0.6 is 0 Å². The van der Waals surface area contributed by atoms with Crippen molar-refractivity contribution in [3.63, 3.8) is 0 Å². The van der Waals surface area contributed by atoms with Crippen LogP contribution in [0.3, 0.4) is 0 Å². The van der Waals surface area contributed by atoms with Gasteiger partial charge < -0.3 is 0 Å². The van der Waals surface area contributed by atoms with E-state index in [-0.39, 0.29) is 15.6 Å². The van der Waals surface area contributed by atoms with Crippen molar-refractivity contribution in [1.82, 2.24) is 9.97 Å². The highest BCUT2D eigenvalue weighted by Gasteiger charge is 2.19. The standard InChI is InChI=1S/C11H7N3O2S/c12-6-9-7-13-8-11(14-9)17(15,16)10-4-2-1-3-5-10/h1-5,7-8H. The molecule has 1 aromatic heterocycles. The van der Waals surface area contributed by atoms with Crippen LogP contribution in [-0.2, 0) is 9.84 Å². The lowest BCUT2D eigenvalue weighted by Gasteiger charge is -2.02. The molecular weight excluding hydrogens is 238 g/mol. The summed E-state index contributed by atoms with van der Waals surface area (Å²) in [4.78, 5) is 7.54. The van der Waals surface area contributed by atoms with Gasteiger partial charge in [-0.3, -0.25) is 4.98 Å². The van der Waals surface area contributed by atoms with Gasteiger partial charge in [0.2, 0.25) is 9.84 Å². The highest BCUT2D eigenvalue weighted by Crippen LogP contribution is 2.17. The average Bonchev–Trinajstić information content (AvgIpc) is 2.40. The lowest BCUT2D eigenvalue weighted by molar-refractivity contribution is 0.591. The van der Waals surface area contributed by atoms with Crippen molar-refractivity contribution >= 4 is 9.84 Å². The minimum atomic E-state index is -3.70. The highest BCUT2D eigenvalue weighted by atomic mass is 32.2. The first-order valence-electron chi connectivity index (χ1n) is 4.67. The van der Waals surface area contributed by atoms with Crippen molar-refractivity contribution in [2.24, 2.45) is 0 Å². The van der Waals surface area contributed by atoms with E-state index in [1.165, 1.54) is 18.3 Å². The lowest BCUT2D eigenvalue weighted by atomic mass is 10.4. The SMILES string of the molecule is N#Cc1cncc(S(=O)(=O)c2ccccc2)n1. The maximum absolute atomic E-state index is 12.1. The molecule has 84 valence electrons. The number of benzene rings is 1. The van der Waals surface area contributed by atoms with Gasteiger partial charge in [0.25, 0.3) is 0 Å². The van der Waals surface area contributed by atoms with Crippen molar-refractivity contribution in [2.75, 3.05) is 0 Å². The molecule has 6 heteroatoms. The monoisotopic (exact) mass is 245 g/mol. The van der Waals surface area contributed by atoms with E-state index in [0.29, 0.717) is 0 Å². The van der Waals surface area contributed by atoms with Crippen LogP contribution in [0.15, 0.2) is 52.6 Å². The molecule has 0 unspecified atom stereocenters. The van der Waals surface area contributed by atoms with Gasteiger partial charge >= 0.3 is 0 Å². The summed E-state index contributed by atoms with van der Waals surface area (Å²) >= 11 is 0. The predicted octanol–water partition coefficient (Wildman–Crippen LogP) is 1.18. The Bertz CT molecular complexity index is 675. The fraction of sp³-hybridized carbons (Fsp3) is 0. The van der Waals surface area contributed by atoms with Gasteiger partial charge in [-0.2, -0.15) is 5.26 Å². The van der Waals surface area contributed by atoms with E-state index in [1.54, 1.807) is 24.3 Å². The summed E-state index contributed by atoms with van der Waals surface area (Å²) in [5.74, 6) is 0. The number of hydrogen-bond donors (Lipinski definition) is 0. The van der Waals surface area contributed by atoms with Crippen molar-refractivity contribution < 1.29 is 8.42 Å². The number of nitriles is 1. The van der Waals surface area contributed by atoms with Gasteiger partial charge in [0, 0.05) is 0 Å². The van der Waals surface area contributed by atoms with E-state index in [1.807, 2.05) is 0 Å². The fourth-order valence-electron chi connectivity index (χ4n) is 1.25. The summed E-state index contributed by atoms with van der Waals surface area (Å²) in [6.45, 7) is 0. The molecule has 1 heterocycles. The Morgan fingerprint density at radius 3 is 2.47 bits per heavy atom. The Balaban J connectivity index is 2.57. The molecule has 2 rings (SSSR count). The van der Waals surface area contributed by atoms with Crippen LogP contribution in [0.1, 0.15) is 5.69 Å². The van der Waals surface area contributed by atoms with Crippen molar-refractivity contribution in [2.45, 2.75) is 9.92 Å². The summed E-state index contributed by atoms with van der Waals surface area (Å²) in [6.07, 6.45) is 2.34. The quantitative estimate of drug-likeness (QED) is 0.793. The van der Waals surface area contributed by atoms with E-state index >= 15 is 0 Å². The zero-order chi connectivity index (χ0) is 12.3. The maximum Gasteiger partial charge on any atom is 0.225 e. The molecule has 0 aliphatic heterocycles. The van der Waals surface area contributed by atoms with E-state index in [4.69, 9.17) is 5.26 Å². The third-order valence-electron chi connectivity index (χ3n) is 2.06. The predicted molar refractivity (Wildman–Crippen MR) is 58.6 cm³/mol. The van der Waals surface area contributed by atoms with E-state index in [9.17, 15) is 8.42 Å². The number of rotatable bonds is 2. The minimum absolute atomic E-state index is 0.0259. The summed E-state index contributed by atoms with van der Waals surface area (Å²) in [5, 5.41) is 8.43. The largest absolute Gasteiger partial charge is 0.259 e. The first-order chi connectivity index (χ1) is 8.14. The second-order valence-corrected chi connectivity index (χ2v) is 5.07. The van der Waals surface area contributed by atoms with Crippen molar-refractivity contribution in [1.29, 1.82) is 5.26 Å². The molecule has 0 bridgehead atoms. The van der Waals surface area contributed by atoms with Gasteiger partial charge in [0.15, 0.2) is 10.7 Å². The summed E-state index contributed by atoms with van der Waals surface area (Å²) < 4.78 is 24.2. The van der Waals surface area contributed by atoms with Crippen LogP contribution in [0.5, 0.6) is 0 Å². The van der Waals surface area contributed by atoms with Gasteiger partial charge in [-0.15, -0.1) is 0 Å². The molecule has 0 amide bonds. The van der Waals surface area contributed by atoms with Crippen LogP contribution in [0.2, 0.25) is 0 Å². The molecular formula is C11H7N3O2S. The Labute approximate surface area is 98.3 Å². The first kappa shape index (κ1) is 11.2. The molecule has 1 aromatic carbocycles. The third kappa shape index (κ3) is 2.14. The molecule has 5 nitrogen and oxygen atoms in total. The van der Waals surface area contributed by atoms with Gasteiger partial charge in [-0.1, -0.05) is 18.2 Å². The van der Waals surface area contributed by atoms with Crippen molar-refractivity contribution in [3.8, 4) is 6.07 Å². The van der Waals surface area contributed by atoms with Gasteiger partial charge in [-0.05, 0) is 12.1 Å². The molecule has 0 aliphatic rings. The molecule has 0 spiro atoms. The summed E-state index contributed by atoms with van der Waals surface area (Å²) in [5.41, 5.74) is -0.0259. The third-order valence-corrected chi connectivity index (χ3v) is 3.70. The molecule has 0 atom stereocenters. The topological polar surface area (TPSA) is 83.7 Å². The molecule has 2 aromatic rings. The maximum atomic E-state index is 12.1. The van der Waals surface area contributed by atoms with Crippen LogP contribution in [0, 0.1) is 11.3 Å². The lowest BCUT2D eigenvalue weighted by Crippen LogP contribution is -2.05. The number of nitrogens with zero attached hydrogens (tertiary/aromatic N) is 3. The zero-order valence-corrected chi connectivity index (χ0v) is 9.42. The van der Waals surface area contributed by atoms with Crippen LogP contribution in [-0.4, -0.2) is 18.4 Å². The summed E-state index contributed by atoms with van der Waals surface area (Å²) in [7, 11) is -3.70. The minimum Gasteiger partial charge on any atom is -0.259 e. The molecule has 0 radical (unpaired) electrons. The Hall–Kier alpha value is -2.26. The van der Waals surface area contributed by atoms with Gasteiger partial charge in [0.05, 0.1) is 17.3 Å². The zero-order valence-electron chi connectivity index (χ0n) is 8.61. The second kappa shape index (κ2) is 4.31. The van der Waals surface area contributed by atoms with Crippen molar-refractivity contribution in [3.05, 3.63) is 48.4 Å². The molecule has 0 N–H and O–H groups in total. The molecule has 0 fully saturated rings. The highest BCUT2D eigenvalue weighted by molar-refractivity contribution is 7.91. The smallest absolute Gasteiger partial charge is 0.225 e. The van der Waals surface area contributed by atoms with Crippen LogP contribution in [0.4, 0.5) is 0 Å². The van der Waals surface area contributed by atoms with Gasteiger partial charge in [0.1, 0.15) is 6.07 Å². The van der Waals surface area contributed by atoms with Crippen LogP contribution < -0.4 is 0 Å². The Kier molecular flexibility index (Phi) is 2.85. The first-order valence-corrected chi connectivity index (χ1v) is 6.15. The number of aromatic nitrogens is 2. The Morgan fingerprint density at radius 2 is 1.82 bits per heavy atom. The second-order valence-electron chi connectivity index (χ2n) is 3.17. The summed E-state index contributed by atoms with van der Waals surface area (Å²) in [6, 6.07) is 9.65. The van der Waals surface area contributed by atoms with Crippen LogP contribution in [0.25, 0.3) is 0 Å². The van der Waals surface area contributed by atoms with E-state index in [0.717, 1.165) is 6.20 Å². The number of sulfone groups is 1. The van der Waals surface area contributed by atoms with E-state index in [2.05, 4.69) is 9.97 Å².